The van der Waals surface area contributed by atoms with Gasteiger partial charge in [-0.15, -0.1) is 11.3 Å². The molecule has 0 spiro atoms. The van der Waals surface area contributed by atoms with E-state index in [0.29, 0.717) is 22.1 Å². The van der Waals surface area contributed by atoms with Crippen LogP contribution in [-0.2, 0) is 13.0 Å². The largest absolute Gasteiger partial charge is 0.389 e. The first kappa shape index (κ1) is 14.2. The van der Waals surface area contributed by atoms with Gasteiger partial charge in [0.2, 0.25) is 0 Å². The number of halogens is 1. The van der Waals surface area contributed by atoms with Crippen molar-refractivity contribution < 1.29 is 0 Å². The Kier molecular flexibility index (Phi) is 4.74. The van der Waals surface area contributed by atoms with Crippen LogP contribution in [0.15, 0.2) is 24.4 Å². The summed E-state index contributed by atoms with van der Waals surface area (Å²) in [5.41, 5.74) is 7.19. The van der Waals surface area contributed by atoms with Crippen LogP contribution >= 0.6 is 35.2 Å². The average molecular weight is 312 g/mol. The zero-order valence-electron chi connectivity index (χ0n) is 10.4. The lowest BCUT2D eigenvalue weighted by Crippen LogP contribution is -2.10. The van der Waals surface area contributed by atoms with Gasteiger partial charge in [-0.05, 0) is 24.6 Å². The Labute approximate surface area is 126 Å². The van der Waals surface area contributed by atoms with Crippen LogP contribution in [0.5, 0.6) is 0 Å². The second kappa shape index (κ2) is 6.32. The monoisotopic (exact) mass is 311 g/mol. The van der Waals surface area contributed by atoms with E-state index in [1.807, 2.05) is 24.4 Å². The first-order valence-corrected chi connectivity index (χ1v) is 7.47. The number of nitrogens with zero attached hydrogens (tertiary/aromatic N) is 1. The molecule has 0 aliphatic carbocycles. The van der Waals surface area contributed by atoms with Crippen LogP contribution in [0.25, 0.3) is 0 Å². The minimum Gasteiger partial charge on any atom is -0.389 e. The Morgan fingerprint density at radius 3 is 2.89 bits per heavy atom. The first-order chi connectivity index (χ1) is 9.10. The van der Waals surface area contributed by atoms with Gasteiger partial charge in [0.25, 0.3) is 0 Å². The van der Waals surface area contributed by atoms with Crippen molar-refractivity contribution in [3.8, 4) is 0 Å². The number of nitrogens with two attached hydrogens (primary N) is 1. The molecular weight excluding hydrogens is 298 g/mol. The van der Waals surface area contributed by atoms with Crippen molar-refractivity contribution in [2.24, 2.45) is 5.73 Å². The van der Waals surface area contributed by atoms with E-state index in [-0.39, 0.29) is 0 Å². The molecule has 0 amide bonds. The Balaban J connectivity index is 2.03. The number of aromatic nitrogens is 1. The van der Waals surface area contributed by atoms with E-state index in [4.69, 9.17) is 29.6 Å². The smallest absolute Gasteiger partial charge is 0.112 e. The molecule has 0 aliphatic rings. The maximum Gasteiger partial charge on any atom is 0.112 e. The molecule has 100 valence electrons. The van der Waals surface area contributed by atoms with Gasteiger partial charge in [-0.1, -0.05) is 30.7 Å². The van der Waals surface area contributed by atoms with Crippen LogP contribution in [0.3, 0.4) is 0 Å². The predicted molar refractivity (Wildman–Crippen MR) is 86.2 cm³/mol. The van der Waals surface area contributed by atoms with Gasteiger partial charge < -0.3 is 11.1 Å². The van der Waals surface area contributed by atoms with Gasteiger partial charge >= 0.3 is 0 Å². The van der Waals surface area contributed by atoms with Gasteiger partial charge in [0.1, 0.15) is 10.00 Å². The summed E-state index contributed by atoms with van der Waals surface area (Å²) in [4.78, 5) is 5.95. The zero-order chi connectivity index (χ0) is 13.8. The summed E-state index contributed by atoms with van der Waals surface area (Å²) in [6.07, 6.45) is 2.94. The van der Waals surface area contributed by atoms with E-state index in [2.05, 4.69) is 17.2 Å². The fraction of sp³-hybridized carbons (Fsp3) is 0.231. The number of benzene rings is 1. The SMILES string of the molecule is CCc1cnc(CNc2ccc(C(N)=S)c(Cl)c2)s1. The average Bonchev–Trinajstić information content (AvgIpc) is 2.84. The van der Waals surface area contributed by atoms with E-state index in [9.17, 15) is 0 Å². The number of nitrogens with one attached hydrogen (secondary N) is 1. The molecule has 0 unspecified atom stereocenters. The molecule has 0 saturated carbocycles. The Morgan fingerprint density at radius 2 is 2.32 bits per heavy atom. The molecule has 2 aromatic rings. The van der Waals surface area contributed by atoms with Gasteiger partial charge in [0, 0.05) is 22.3 Å². The van der Waals surface area contributed by atoms with E-state index in [1.165, 1.54) is 4.88 Å². The summed E-state index contributed by atoms with van der Waals surface area (Å²) < 4.78 is 0. The highest BCUT2D eigenvalue weighted by atomic mass is 35.5. The van der Waals surface area contributed by atoms with Crippen LogP contribution in [0.2, 0.25) is 5.02 Å². The lowest BCUT2D eigenvalue weighted by Gasteiger charge is -2.07. The number of hydrogen-bond acceptors (Lipinski definition) is 4. The normalized spacial score (nSPS) is 10.4. The van der Waals surface area contributed by atoms with Crippen LogP contribution in [-0.4, -0.2) is 9.97 Å². The molecule has 6 heteroatoms. The molecule has 0 bridgehead atoms. The summed E-state index contributed by atoms with van der Waals surface area (Å²) in [6.45, 7) is 2.81. The first-order valence-electron chi connectivity index (χ1n) is 5.87. The zero-order valence-corrected chi connectivity index (χ0v) is 12.8. The van der Waals surface area contributed by atoms with Crippen molar-refractivity contribution in [2.45, 2.75) is 19.9 Å². The summed E-state index contributed by atoms with van der Waals surface area (Å²) in [5.74, 6) is 0. The van der Waals surface area contributed by atoms with Crippen molar-refractivity contribution in [1.82, 2.24) is 4.98 Å². The molecule has 3 N–H and O–H groups in total. The maximum atomic E-state index is 6.11. The van der Waals surface area contributed by atoms with Crippen molar-refractivity contribution in [3.63, 3.8) is 0 Å². The van der Waals surface area contributed by atoms with Gasteiger partial charge in [-0.2, -0.15) is 0 Å². The number of aryl methyl sites for hydroxylation is 1. The summed E-state index contributed by atoms with van der Waals surface area (Å²) in [6, 6.07) is 5.56. The number of anilines is 1. The molecule has 0 saturated heterocycles. The third-order valence-electron chi connectivity index (χ3n) is 2.63. The van der Waals surface area contributed by atoms with Crippen molar-refractivity contribution in [3.05, 3.63) is 44.9 Å². The molecule has 3 nitrogen and oxygen atoms in total. The number of thiocarbonyl (C=S) groups is 1. The fourth-order valence-corrected chi connectivity index (χ4v) is 2.91. The standard InChI is InChI=1S/C13H14ClN3S2/c1-2-9-6-17-12(19-9)7-16-8-3-4-10(13(15)18)11(14)5-8/h3-6,16H,2,7H2,1H3,(H2,15,18). The fourth-order valence-electron chi connectivity index (χ4n) is 1.60. The van der Waals surface area contributed by atoms with Crippen LogP contribution in [0.1, 0.15) is 22.4 Å². The summed E-state index contributed by atoms with van der Waals surface area (Å²) >= 11 is 12.7. The van der Waals surface area contributed by atoms with Crippen molar-refractivity contribution in [1.29, 1.82) is 0 Å². The van der Waals surface area contributed by atoms with Crippen molar-refractivity contribution >= 4 is 45.8 Å². The molecule has 0 radical (unpaired) electrons. The Hall–Kier alpha value is -1.17. The lowest BCUT2D eigenvalue weighted by atomic mass is 10.2. The molecule has 0 fully saturated rings. The molecule has 1 heterocycles. The Morgan fingerprint density at radius 1 is 1.53 bits per heavy atom. The highest BCUT2D eigenvalue weighted by Gasteiger charge is 2.05. The molecule has 1 aromatic heterocycles. The van der Waals surface area contributed by atoms with Gasteiger partial charge in [0.15, 0.2) is 0 Å². The third kappa shape index (κ3) is 3.65. The highest BCUT2D eigenvalue weighted by Crippen LogP contribution is 2.22. The highest BCUT2D eigenvalue weighted by molar-refractivity contribution is 7.80. The molecule has 0 aliphatic heterocycles. The summed E-state index contributed by atoms with van der Waals surface area (Å²) in [7, 11) is 0. The minimum atomic E-state index is 0.309. The van der Waals surface area contributed by atoms with E-state index < -0.39 is 0 Å². The second-order valence-corrected chi connectivity index (χ2v) is 6.03. The van der Waals surface area contributed by atoms with Gasteiger partial charge in [-0.3, -0.25) is 0 Å². The number of rotatable bonds is 5. The number of thiazole rings is 1. The third-order valence-corrected chi connectivity index (χ3v) is 4.30. The van der Waals surface area contributed by atoms with Gasteiger partial charge in [-0.25, -0.2) is 4.98 Å². The number of hydrogen-bond donors (Lipinski definition) is 2. The molecular formula is C13H14ClN3S2. The molecule has 0 atom stereocenters. The molecule has 2 rings (SSSR count). The van der Waals surface area contributed by atoms with Crippen molar-refractivity contribution in [2.75, 3.05) is 5.32 Å². The van der Waals surface area contributed by atoms with Crippen LogP contribution in [0.4, 0.5) is 5.69 Å². The maximum absolute atomic E-state index is 6.11. The van der Waals surface area contributed by atoms with E-state index in [1.54, 1.807) is 11.3 Å². The second-order valence-electron chi connectivity index (χ2n) is 3.99. The minimum absolute atomic E-state index is 0.309. The predicted octanol–water partition coefficient (Wildman–Crippen LogP) is 3.61. The molecule has 19 heavy (non-hydrogen) atoms. The summed E-state index contributed by atoms with van der Waals surface area (Å²) in [5, 5.41) is 4.91. The Bertz CT molecular complexity index is 595. The topological polar surface area (TPSA) is 50.9 Å². The lowest BCUT2D eigenvalue weighted by molar-refractivity contribution is 1.09. The van der Waals surface area contributed by atoms with E-state index >= 15 is 0 Å². The molecule has 1 aromatic carbocycles. The quantitative estimate of drug-likeness (QED) is 0.828. The van der Waals surface area contributed by atoms with Crippen LogP contribution < -0.4 is 11.1 Å². The van der Waals surface area contributed by atoms with E-state index in [0.717, 1.165) is 17.1 Å². The van der Waals surface area contributed by atoms with Gasteiger partial charge in [0.05, 0.1) is 11.6 Å². The van der Waals surface area contributed by atoms with Crippen LogP contribution in [0, 0.1) is 0 Å².